The highest BCUT2D eigenvalue weighted by Gasteiger charge is 2.22. The van der Waals surface area contributed by atoms with Gasteiger partial charge in [-0.25, -0.2) is 8.42 Å². The minimum Gasteiger partial charge on any atom is -0.496 e. The summed E-state index contributed by atoms with van der Waals surface area (Å²) in [5, 5.41) is 0. The third-order valence-corrected chi connectivity index (χ3v) is 5.24. The van der Waals surface area contributed by atoms with Gasteiger partial charge in [0.25, 0.3) is 0 Å². The van der Waals surface area contributed by atoms with Crippen molar-refractivity contribution in [2.45, 2.75) is 6.54 Å². The Balaban J connectivity index is 2.15. The lowest BCUT2D eigenvalue weighted by Gasteiger charge is -2.27. The lowest BCUT2D eigenvalue weighted by atomic mass is 10.1. The summed E-state index contributed by atoms with van der Waals surface area (Å²) in [4.78, 5) is 2.44. The van der Waals surface area contributed by atoms with Crippen LogP contribution in [0, 0.1) is 0 Å². The molecule has 5 nitrogen and oxygen atoms in total. The van der Waals surface area contributed by atoms with Crippen LogP contribution in [0.2, 0.25) is 0 Å². The molecule has 0 amide bonds. The quantitative estimate of drug-likeness (QED) is 0.819. The zero-order valence-corrected chi connectivity index (χ0v) is 13.0. The minimum atomic E-state index is -2.86. The Morgan fingerprint density at radius 1 is 1.40 bits per heavy atom. The highest BCUT2D eigenvalue weighted by molar-refractivity contribution is 7.91. The molecule has 1 fully saturated rings. The molecule has 0 aliphatic carbocycles. The third-order valence-electron chi connectivity index (χ3n) is 3.40. The van der Waals surface area contributed by atoms with E-state index in [-0.39, 0.29) is 11.5 Å². The molecule has 0 atom stereocenters. The van der Waals surface area contributed by atoms with Gasteiger partial charge in [-0.05, 0) is 18.2 Å². The van der Waals surface area contributed by atoms with Crippen molar-refractivity contribution < 1.29 is 13.2 Å². The first-order chi connectivity index (χ1) is 9.41. The highest BCUT2D eigenvalue weighted by atomic mass is 32.2. The molecule has 0 radical (unpaired) electrons. The molecule has 0 unspecified atom stereocenters. The maximum Gasteiger partial charge on any atom is 0.152 e. The van der Waals surface area contributed by atoms with Gasteiger partial charge in [0.2, 0.25) is 0 Å². The second-order valence-corrected chi connectivity index (χ2v) is 7.56. The largest absolute Gasteiger partial charge is 0.496 e. The number of hydrogen-bond acceptors (Lipinski definition) is 5. The first-order valence-corrected chi connectivity index (χ1v) is 8.54. The lowest BCUT2D eigenvalue weighted by molar-refractivity contribution is 0.282. The number of methoxy groups -OCH3 is 1. The van der Waals surface area contributed by atoms with Crippen LogP contribution < -0.4 is 10.5 Å². The number of rotatable bonds is 4. The van der Waals surface area contributed by atoms with Crippen LogP contribution in [0.1, 0.15) is 11.1 Å². The fourth-order valence-corrected chi connectivity index (χ4v) is 3.61. The highest BCUT2D eigenvalue weighted by Crippen LogP contribution is 2.22. The van der Waals surface area contributed by atoms with Gasteiger partial charge in [-0.15, -0.1) is 0 Å². The van der Waals surface area contributed by atoms with Gasteiger partial charge < -0.3 is 10.5 Å². The van der Waals surface area contributed by atoms with E-state index in [0.29, 0.717) is 24.6 Å². The maximum absolute atomic E-state index is 11.4. The Kier molecular flexibility index (Phi) is 4.62. The van der Waals surface area contributed by atoms with E-state index in [1.807, 2.05) is 18.2 Å². The van der Waals surface area contributed by atoms with Crippen LogP contribution in [0.15, 0.2) is 18.2 Å². The molecule has 7 heteroatoms. The maximum atomic E-state index is 11.4. The summed E-state index contributed by atoms with van der Waals surface area (Å²) >= 11 is 4.98. The fraction of sp³-hybridized carbons (Fsp3) is 0.462. The summed E-state index contributed by atoms with van der Waals surface area (Å²) < 4.78 is 28.2. The Morgan fingerprint density at radius 3 is 2.60 bits per heavy atom. The first-order valence-electron chi connectivity index (χ1n) is 6.31. The third kappa shape index (κ3) is 3.68. The van der Waals surface area contributed by atoms with E-state index in [9.17, 15) is 8.42 Å². The molecule has 1 aliphatic heterocycles. The molecule has 0 saturated carbocycles. The zero-order chi connectivity index (χ0) is 14.8. The fourth-order valence-electron chi connectivity index (χ4n) is 2.20. The number of benzene rings is 1. The number of nitrogens with two attached hydrogens (primary N) is 1. The molecule has 2 N–H and O–H groups in total. The summed E-state index contributed by atoms with van der Waals surface area (Å²) in [6.45, 7) is 1.72. The van der Waals surface area contributed by atoms with E-state index >= 15 is 0 Å². The predicted octanol–water partition coefficient (Wildman–Crippen LogP) is 0.560. The minimum absolute atomic E-state index is 0.213. The lowest BCUT2D eigenvalue weighted by Crippen LogP contribution is -2.39. The van der Waals surface area contributed by atoms with Crippen LogP contribution >= 0.6 is 12.2 Å². The van der Waals surface area contributed by atoms with Crippen LogP contribution in [0.3, 0.4) is 0 Å². The molecule has 1 saturated heterocycles. The smallest absolute Gasteiger partial charge is 0.152 e. The standard InChI is InChI=1S/C13H18N2O3S2/c1-18-12-3-2-10(13(14)19)8-11(12)9-15-4-6-20(16,17)7-5-15/h2-3,8H,4-7,9H2,1H3,(H2,14,19). The Labute approximate surface area is 124 Å². The molecule has 110 valence electrons. The van der Waals surface area contributed by atoms with Crippen LogP contribution in [0.25, 0.3) is 0 Å². The Hall–Kier alpha value is -1.18. The average molecular weight is 314 g/mol. The summed E-state index contributed by atoms with van der Waals surface area (Å²) in [5.74, 6) is 1.19. The van der Waals surface area contributed by atoms with E-state index in [0.717, 1.165) is 16.9 Å². The monoisotopic (exact) mass is 314 g/mol. The number of thiocarbonyl (C=S) groups is 1. The average Bonchev–Trinajstić information content (AvgIpc) is 2.41. The van der Waals surface area contributed by atoms with E-state index in [4.69, 9.17) is 22.7 Å². The molecule has 1 aliphatic rings. The molecular formula is C13H18N2O3S2. The van der Waals surface area contributed by atoms with E-state index in [1.165, 1.54) is 0 Å². The first kappa shape index (κ1) is 15.2. The predicted molar refractivity (Wildman–Crippen MR) is 82.8 cm³/mol. The van der Waals surface area contributed by atoms with Crippen molar-refractivity contribution >= 4 is 27.0 Å². The van der Waals surface area contributed by atoms with Crippen LogP contribution in [0.5, 0.6) is 5.75 Å². The van der Waals surface area contributed by atoms with Gasteiger partial charge in [-0.3, -0.25) is 4.90 Å². The van der Waals surface area contributed by atoms with Gasteiger partial charge >= 0.3 is 0 Å². The normalized spacial score (nSPS) is 18.6. The van der Waals surface area contributed by atoms with Gasteiger partial charge in [0.05, 0.1) is 18.6 Å². The van der Waals surface area contributed by atoms with Crippen molar-refractivity contribution in [3.8, 4) is 5.75 Å². The Morgan fingerprint density at radius 2 is 2.05 bits per heavy atom. The van der Waals surface area contributed by atoms with Crippen LogP contribution in [0.4, 0.5) is 0 Å². The van der Waals surface area contributed by atoms with Gasteiger partial charge in [0, 0.05) is 30.8 Å². The van der Waals surface area contributed by atoms with Crippen molar-refractivity contribution in [2.75, 3.05) is 31.7 Å². The van der Waals surface area contributed by atoms with Crippen LogP contribution in [-0.2, 0) is 16.4 Å². The molecule has 0 aromatic heterocycles. The van der Waals surface area contributed by atoms with Gasteiger partial charge in [0.15, 0.2) is 9.84 Å². The van der Waals surface area contributed by atoms with Gasteiger partial charge in [-0.2, -0.15) is 0 Å². The van der Waals surface area contributed by atoms with Crippen LogP contribution in [-0.4, -0.2) is 50.0 Å². The topological polar surface area (TPSA) is 72.6 Å². The van der Waals surface area contributed by atoms with E-state index in [1.54, 1.807) is 7.11 Å². The second kappa shape index (κ2) is 6.07. The SMILES string of the molecule is COc1ccc(C(N)=S)cc1CN1CCS(=O)(=O)CC1. The number of sulfone groups is 1. The molecule has 1 aromatic carbocycles. The molecule has 1 heterocycles. The summed E-state index contributed by atoms with van der Waals surface area (Å²) in [6.07, 6.45) is 0. The van der Waals surface area contributed by atoms with E-state index < -0.39 is 9.84 Å². The zero-order valence-electron chi connectivity index (χ0n) is 11.3. The summed E-state index contributed by atoms with van der Waals surface area (Å²) in [7, 11) is -1.25. The molecule has 20 heavy (non-hydrogen) atoms. The molecular weight excluding hydrogens is 296 g/mol. The molecule has 2 rings (SSSR count). The van der Waals surface area contributed by atoms with Crippen molar-refractivity contribution in [1.29, 1.82) is 0 Å². The Bertz CT molecular complexity index is 600. The van der Waals surface area contributed by atoms with Gasteiger partial charge in [0.1, 0.15) is 10.7 Å². The summed E-state index contributed by atoms with van der Waals surface area (Å²) in [5.41, 5.74) is 7.40. The summed E-state index contributed by atoms with van der Waals surface area (Å²) in [6, 6.07) is 5.57. The van der Waals surface area contributed by atoms with Crippen molar-refractivity contribution in [2.24, 2.45) is 5.73 Å². The van der Waals surface area contributed by atoms with Crippen molar-refractivity contribution in [3.05, 3.63) is 29.3 Å². The number of ether oxygens (including phenoxy) is 1. The second-order valence-electron chi connectivity index (χ2n) is 4.82. The molecule has 1 aromatic rings. The molecule has 0 bridgehead atoms. The number of nitrogens with zero attached hydrogens (tertiary/aromatic N) is 1. The number of hydrogen-bond donors (Lipinski definition) is 1. The van der Waals surface area contributed by atoms with Gasteiger partial charge in [-0.1, -0.05) is 12.2 Å². The van der Waals surface area contributed by atoms with E-state index in [2.05, 4.69) is 4.90 Å². The van der Waals surface area contributed by atoms with Crippen molar-refractivity contribution in [3.63, 3.8) is 0 Å². The van der Waals surface area contributed by atoms with Crippen molar-refractivity contribution in [1.82, 2.24) is 4.90 Å². The molecule has 0 spiro atoms.